The second-order valence-electron chi connectivity index (χ2n) is 3.89. The summed E-state index contributed by atoms with van der Waals surface area (Å²) in [4.78, 5) is 11.5. The molecule has 3 N–H and O–H groups in total. The van der Waals surface area contributed by atoms with Crippen molar-refractivity contribution in [2.75, 3.05) is 23.7 Å². The average molecular weight is 219 g/mol. The van der Waals surface area contributed by atoms with Crippen LogP contribution in [-0.2, 0) is 6.42 Å². The van der Waals surface area contributed by atoms with Crippen molar-refractivity contribution in [1.82, 2.24) is 5.32 Å². The highest BCUT2D eigenvalue weighted by molar-refractivity contribution is 5.91. The van der Waals surface area contributed by atoms with Crippen LogP contribution in [0.1, 0.15) is 18.9 Å². The highest BCUT2D eigenvalue weighted by atomic mass is 16.2. The summed E-state index contributed by atoms with van der Waals surface area (Å²) in [5, 5.41) is 8.97. The number of amides is 2. The van der Waals surface area contributed by atoms with Crippen molar-refractivity contribution in [3.05, 3.63) is 23.8 Å². The SMILES string of the molecule is CCCNC(=O)Nc1cccc2c1CCN2. The summed E-state index contributed by atoms with van der Waals surface area (Å²) in [7, 11) is 0. The first-order valence-electron chi connectivity index (χ1n) is 5.72. The number of anilines is 2. The molecule has 4 heteroatoms. The predicted molar refractivity (Wildman–Crippen MR) is 65.9 cm³/mol. The second-order valence-corrected chi connectivity index (χ2v) is 3.89. The van der Waals surface area contributed by atoms with Gasteiger partial charge in [-0.05, 0) is 25.0 Å². The van der Waals surface area contributed by atoms with Gasteiger partial charge >= 0.3 is 6.03 Å². The van der Waals surface area contributed by atoms with E-state index in [-0.39, 0.29) is 6.03 Å². The van der Waals surface area contributed by atoms with Crippen molar-refractivity contribution in [3.8, 4) is 0 Å². The molecule has 2 amide bonds. The van der Waals surface area contributed by atoms with Crippen LogP contribution in [0.15, 0.2) is 18.2 Å². The number of hydrogen-bond donors (Lipinski definition) is 3. The van der Waals surface area contributed by atoms with Crippen molar-refractivity contribution >= 4 is 17.4 Å². The summed E-state index contributed by atoms with van der Waals surface area (Å²) in [5.41, 5.74) is 3.25. The first-order chi connectivity index (χ1) is 7.81. The predicted octanol–water partition coefficient (Wildman–Crippen LogP) is 2.19. The highest BCUT2D eigenvalue weighted by Crippen LogP contribution is 2.28. The quantitative estimate of drug-likeness (QED) is 0.730. The van der Waals surface area contributed by atoms with Gasteiger partial charge in [0, 0.05) is 30.0 Å². The number of benzene rings is 1. The van der Waals surface area contributed by atoms with E-state index in [1.54, 1.807) is 0 Å². The fraction of sp³-hybridized carbons (Fsp3) is 0.417. The monoisotopic (exact) mass is 219 g/mol. The van der Waals surface area contributed by atoms with Crippen LogP contribution in [0.4, 0.5) is 16.2 Å². The lowest BCUT2D eigenvalue weighted by molar-refractivity contribution is 0.252. The molecule has 0 fully saturated rings. The Morgan fingerprint density at radius 2 is 2.38 bits per heavy atom. The Kier molecular flexibility index (Phi) is 3.29. The highest BCUT2D eigenvalue weighted by Gasteiger charge is 2.14. The lowest BCUT2D eigenvalue weighted by Gasteiger charge is -2.10. The van der Waals surface area contributed by atoms with Gasteiger partial charge in [0.1, 0.15) is 0 Å². The van der Waals surface area contributed by atoms with Crippen LogP contribution < -0.4 is 16.0 Å². The van der Waals surface area contributed by atoms with E-state index in [1.165, 1.54) is 5.56 Å². The van der Waals surface area contributed by atoms with E-state index in [0.29, 0.717) is 6.54 Å². The molecule has 1 heterocycles. The van der Waals surface area contributed by atoms with E-state index in [2.05, 4.69) is 16.0 Å². The van der Waals surface area contributed by atoms with E-state index in [9.17, 15) is 4.79 Å². The van der Waals surface area contributed by atoms with Crippen LogP contribution >= 0.6 is 0 Å². The maximum Gasteiger partial charge on any atom is 0.319 e. The maximum atomic E-state index is 11.5. The normalized spacial score (nSPS) is 12.8. The summed E-state index contributed by atoms with van der Waals surface area (Å²) in [6.45, 7) is 3.69. The number of nitrogens with one attached hydrogen (secondary N) is 3. The number of carbonyl (C=O) groups is 1. The summed E-state index contributed by atoms with van der Waals surface area (Å²) in [6.07, 6.45) is 1.92. The van der Waals surface area contributed by atoms with Crippen LogP contribution in [0.5, 0.6) is 0 Å². The lowest BCUT2D eigenvalue weighted by Crippen LogP contribution is -2.29. The van der Waals surface area contributed by atoms with Gasteiger partial charge in [-0.15, -0.1) is 0 Å². The van der Waals surface area contributed by atoms with Gasteiger partial charge in [0.25, 0.3) is 0 Å². The smallest absolute Gasteiger partial charge is 0.319 e. The number of fused-ring (bicyclic) bond motifs is 1. The molecule has 16 heavy (non-hydrogen) atoms. The summed E-state index contributed by atoms with van der Waals surface area (Å²) in [6, 6.07) is 5.81. The Balaban J connectivity index is 2.04. The van der Waals surface area contributed by atoms with Gasteiger partial charge in [0.15, 0.2) is 0 Å². The van der Waals surface area contributed by atoms with Gasteiger partial charge in [-0.1, -0.05) is 13.0 Å². The molecule has 0 saturated heterocycles. The summed E-state index contributed by atoms with van der Waals surface area (Å²) >= 11 is 0. The van der Waals surface area contributed by atoms with E-state index in [0.717, 1.165) is 30.8 Å². The molecule has 0 aliphatic carbocycles. The molecule has 0 aromatic heterocycles. The molecular weight excluding hydrogens is 202 g/mol. The largest absolute Gasteiger partial charge is 0.384 e. The Morgan fingerprint density at radius 1 is 1.50 bits per heavy atom. The Labute approximate surface area is 95.4 Å². The van der Waals surface area contributed by atoms with Gasteiger partial charge in [-0.2, -0.15) is 0 Å². The summed E-state index contributed by atoms with van der Waals surface area (Å²) < 4.78 is 0. The van der Waals surface area contributed by atoms with Crippen molar-refractivity contribution in [3.63, 3.8) is 0 Å². The molecular formula is C12H17N3O. The van der Waals surface area contributed by atoms with E-state index < -0.39 is 0 Å². The zero-order valence-electron chi connectivity index (χ0n) is 9.47. The standard InChI is InChI=1S/C12H17N3O/c1-2-7-14-12(16)15-11-5-3-4-10-9(11)6-8-13-10/h3-5,13H,2,6-8H2,1H3,(H2,14,15,16). The zero-order valence-corrected chi connectivity index (χ0v) is 9.47. The zero-order chi connectivity index (χ0) is 11.4. The van der Waals surface area contributed by atoms with Crippen LogP contribution in [0.2, 0.25) is 0 Å². The third-order valence-corrected chi connectivity index (χ3v) is 2.65. The molecule has 1 aliphatic rings. The van der Waals surface area contributed by atoms with Gasteiger partial charge in [-0.25, -0.2) is 4.79 Å². The van der Waals surface area contributed by atoms with E-state index >= 15 is 0 Å². The molecule has 1 aromatic carbocycles. The first-order valence-corrected chi connectivity index (χ1v) is 5.72. The molecule has 4 nitrogen and oxygen atoms in total. The lowest BCUT2D eigenvalue weighted by atomic mass is 10.1. The molecule has 0 unspecified atom stereocenters. The van der Waals surface area contributed by atoms with Crippen LogP contribution in [0.25, 0.3) is 0 Å². The van der Waals surface area contributed by atoms with Crippen molar-refractivity contribution in [2.24, 2.45) is 0 Å². The average Bonchev–Trinajstić information content (AvgIpc) is 2.75. The van der Waals surface area contributed by atoms with Gasteiger partial charge in [0.2, 0.25) is 0 Å². The topological polar surface area (TPSA) is 53.2 Å². The van der Waals surface area contributed by atoms with E-state index in [4.69, 9.17) is 0 Å². The van der Waals surface area contributed by atoms with Crippen LogP contribution in [0, 0.1) is 0 Å². The molecule has 0 saturated carbocycles. The van der Waals surface area contributed by atoms with Crippen molar-refractivity contribution < 1.29 is 4.79 Å². The summed E-state index contributed by atoms with van der Waals surface area (Å²) in [5.74, 6) is 0. The third-order valence-electron chi connectivity index (χ3n) is 2.65. The number of rotatable bonds is 3. The Bertz CT molecular complexity index is 390. The minimum atomic E-state index is -0.123. The van der Waals surface area contributed by atoms with Gasteiger partial charge < -0.3 is 16.0 Å². The van der Waals surface area contributed by atoms with Crippen molar-refractivity contribution in [2.45, 2.75) is 19.8 Å². The molecule has 0 spiro atoms. The fourth-order valence-electron chi connectivity index (χ4n) is 1.87. The minimum absolute atomic E-state index is 0.123. The second kappa shape index (κ2) is 4.88. The van der Waals surface area contributed by atoms with Crippen molar-refractivity contribution in [1.29, 1.82) is 0 Å². The van der Waals surface area contributed by atoms with Crippen LogP contribution in [0.3, 0.4) is 0 Å². The minimum Gasteiger partial charge on any atom is -0.384 e. The third kappa shape index (κ3) is 2.27. The number of hydrogen-bond acceptors (Lipinski definition) is 2. The molecule has 86 valence electrons. The van der Waals surface area contributed by atoms with E-state index in [1.807, 2.05) is 25.1 Å². The number of urea groups is 1. The number of carbonyl (C=O) groups excluding carboxylic acids is 1. The molecule has 0 atom stereocenters. The maximum absolute atomic E-state index is 11.5. The molecule has 0 bridgehead atoms. The molecule has 1 aromatic rings. The Morgan fingerprint density at radius 3 is 3.19 bits per heavy atom. The molecule has 0 radical (unpaired) electrons. The van der Waals surface area contributed by atoms with Gasteiger partial charge in [-0.3, -0.25) is 0 Å². The Hall–Kier alpha value is -1.71. The molecule has 1 aliphatic heterocycles. The van der Waals surface area contributed by atoms with Gasteiger partial charge in [0.05, 0.1) is 0 Å². The first kappa shape index (κ1) is 10.8. The fourth-order valence-corrected chi connectivity index (χ4v) is 1.87. The van der Waals surface area contributed by atoms with Crippen LogP contribution in [-0.4, -0.2) is 19.1 Å². The molecule has 2 rings (SSSR count).